The molecule has 0 saturated heterocycles. The van der Waals surface area contributed by atoms with E-state index in [0.29, 0.717) is 19.0 Å². The molecule has 31 heavy (non-hydrogen) atoms. The van der Waals surface area contributed by atoms with Crippen LogP contribution in [-0.4, -0.2) is 51.8 Å². The molecule has 1 atom stereocenters. The Morgan fingerprint density at radius 3 is 2.74 bits per heavy atom. The number of guanidine groups is 1. The van der Waals surface area contributed by atoms with Crippen LogP contribution in [0.15, 0.2) is 42.0 Å². The second-order valence-corrected chi connectivity index (χ2v) is 8.28. The Kier molecular flexibility index (Phi) is 9.30. The molecule has 3 N–H and O–H groups in total. The smallest absolute Gasteiger partial charge is 0.407 e. The molecule has 170 valence electrons. The lowest BCUT2D eigenvalue weighted by molar-refractivity contribution is 0.0523. The molecular formula is C22H35N7O2. The third kappa shape index (κ3) is 9.06. The van der Waals surface area contributed by atoms with Crippen molar-refractivity contribution in [2.75, 3.05) is 13.6 Å². The number of nitrogens with one attached hydrogen (secondary N) is 3. The summed E-state index contributed by atoms with van der Waals surface area (Å²) in [7, 11) is 1.73. The number of carbonyl (C=O) groups is 1. The highest BCUT2D eigenvalue weighted by Crippen LogP contribution is 2.08. The van der Waals surface area contributed by atoms with Crippen molar-refractivity contribution in [1.29, 1.82) is 0 Å². The van der Waals surface area contributed by atoms with Gasteiger partial charge in [0, 0.05) is 44.8 Å². The average Bonchev–Trinajstić information content (AvgIpc) is 3.26. The van der Waals surface area contributed by atoms with E-state index in [9.17, 15) is 4.79 Å². The number of rotatable bonds is 9. The highest BCUT2D eigenvalue weighted by molar-refractivity contribution is 5.80. The molecule has 0 saturated carbocycles. The van der Waals surface area contributed by atoms with Gasteiger partial charge in [-0.2, -0.15) is 0 Å². The number of unbranched alkanes of at least 4 members (excludes halogenated alkanes) is 1. The third-order valence-electron chi connectivity index (χ3n) is 4.40. The molecule has 2 aromatic rings. The number of ether oxygens (including phenoxy) is 1. The monoisotopic (exact) mass is 429 g/mol. The van der Waals surface area contributed by atoms with E-state index in [-0.39, 0.29) is 6.04 Å². The molecule has 1 unspecified atom stereocenters. The Morgan fingerprint density at radius 1 is 1.29 bits per heavy atom. The number of amides is 1. The summed E-state index contributed by atoms with van der Waals surface area (Å²) < 4.78 is 7.20. The van der Waals surface area contributed by atoms with Crippen molar-refractivity contribution < 1.29 is 9.53 Å². The van der Waals surface area contributed by atoms with Crippen LogP contribution in [0.1, 0.15) is 52.5 Å². The van der Waals surface area contributed by atoms with Gasteiger partial charge in [0.05, 0.1) is 0 Å². The summed E-state index contributed by atoms with van der Waals surface area (Å²) in [6.07, 6.45) is 9.69. The zero-order valence-corrected chi connectivity index (χ0v) is 19.2. The van der Waals surface area contributed by atoms with Crippen LogP contribution in [0.3, 0.4) is 0 Å². The van der Waals surface area contributed by atoms with Gasteiger partial charge in [-0.1, -0.05) is 19.8 Å². The normalized spacial score (nSPS) is 12.9. The van der Waals surface area contributed by atoms with Crippen LogP contribution < -0.4 is 16.0 Å². The van der Waals surface area contributed by atoms with Crippen molar-refractivity contribution in [3.63, 3.8) is 0 Å². The Labute approximate surface area is 184 Å². The first-order valence-electron chi connectivity index (χ1n) is 10.7. The molecule has 2 rings (SSSR count). The first-order chi connectivity index (χ1) is 14.8. The number of alkyl carbamates (subject to hydrolysis) is 1. The first-order valence-corrected chi connectivity index (χ1v) is 10.7. The van der Waals surface area contributed by atoms with Gasteiger partial charge in [-0.25, -0.2) is 14.8 Å². The second kappa shape index (κ2) is 11.9. The SMILES string of the molecule is CCCCC(CNC(=O)OC(C)(C)C)NC(=NC)NCc1ccnc(-n2ccnc2)c1. The van der Waals surface area contributed by atoms with Crippen LogP contribution in [0.25, 0.3) is 5.82 Å². The van der Waals surface area contributed by atoms with Crippen LogP contribution in [-0.2, 0) is 11.3 Å². The summed E-state index contributed by atoms with van der Waals surface area (Å²) in [5.41, 5.74) is 0.548. The molecule has 0 spiro atoms. The Balaban J connectivity index is 1.92. The molecular weight excluding hydrogens is 394 g/mol. The summed E-state index contributed by atoms with van der Waals surface area (Å²) in [5, 5.41) is 9.59. The topological polar surface area (TPSA) is 105 Å². The Morgan fingerprint density at radius 2 is 2.10 bits per heavy atom. The van der Waals surface area contributed by atoms with Crippen LogP contribution in [0, 0.1) is 0 Å². The van der Waals surface area contributed by atoms with Crippen molar-refractivity contribution in [2.24, 2.45) is 4.99 Å². The van der Waals surface area contributed by atoms with E-state index in [1.54, 1.807) is 25.8 Å². The minimum Gasteiger partial charge on any atom is -0.444 e. The largest absolute Gasteiger partial charge is 0.444 e. The number of nitrogens with zero attached hydrogens (tertiary/aromatic N) is 4. The predicted molar refractivity (Wildman–Crippen MR) is 122 cm³/mol. The molecule has 0 aliphatic heterocycles. The summed E-state index contributed by atoms with van der Waals surface area (Å²) in [5.74, 6) is 1.48. The number of hydrogen-bond acceptors (Lipinski definition) is 5. The van der Waals surface area contributed by atoms with Crippen molar-refractivity contribution in [2.45, 2.75) is 65.1 Å². The Bertz CT molecular complexity index is 829. The molecule has 0 aromatic carbocycles. The lowest BCUT2D eigenvalue weighted by Gasteiger charge is -2.24. The number of imidazole rings is 1. The van der Waals surface area contributed by atoms with E-state index in [1.807, 2.05) is 43.7 Å². The molecule has 0 radical (unpaired) electrons. The minimum atomic E-state index is -0.520. The van der Waals surface area contributed by atoms with Gasteiger partial charge in [-0.05, 0) is 44.9 Å². The zero-order valence-electron chi connectivity index (χ0n) is 19.2. The maximum absolute atomic E-state index is 12.0. The van der Waals surface area contributed by atoms with E-state index < -0.39 is 11.7 Å². The highest BCUT2D eigenvalue weighted by atomic mass is 16.6. The van der Waals surface area contributed by atoms with Crippen LogP contribution >= 0.6 is 0 Å². The predicted octanol–water partition coefficient (Wildman–Crippen LogP) is 3.02. The number of aromatic nitrogens is 3. The van der Waals surface area contributed by atoms with Gasteiger partial charge in [0.15, 0.2) is 5.96 Å². The van der Waals surface area contributed by atoms with Crippen molar-refractivity contribution in [3.8, 4) is 5.82 Å². The van der Waals surface area contributed by atoms with Gasteiger partial charge in [0.25, 0.3) is 0 Å². The third-order valence-corrected chi connectivity index (χ3v) is 4.40. The maximum Gasteiger partial charge on any atom is 0.407 e. The maximum atomic E-state index is 12.0. The second-order valence-electron chi connectivity index (χ2n) is 8.28. The molecule has 9 heteroatoms. The van der Waals surface area contributed by atoms with E-state index >= 15 is 0 Å². The zero-order chi connectivity index (χ0) is 22.7. The fourth-order valence-corrected chi connectivity index (χ4v) is 2.88. The molecule has 0 aliphatic carbocycles. The number of pyridine rings is 1. The first kappa shape index (κ1) is 24.2. The Hall–Kier alpha value is -3.10. The average molecular weight is 430 g/mol. The highest BCUT2D eigenvalue weighted by Gasteiger charge is 2.18. The summed E-state index contributed by atoms with van der Waals surface area (Å²) in [4.78, 5) is 24.8. The number of carbonyl (C=O) groups excluding carboxylic acids is 1. The molecule has 0 fully saturated rings. The molecule has 0 bridgehead atoms. The lowest BCUT2D eigenvalue weighted by Crippen LogP contribution is -2.48. The van der Waals surface area contributed by atoms with E-state index in [2.05, 4.69) is 37.8 Å². The quantitative estimate of drug-likeness (QED) is 0.418. The summed E-state index contributed by atoms with van der Waals surface area (Å²) in [6, 6.07) is 4.00. The van der Waals surface area contributed by atoms with Gasteiger partial charge in [-0.3, -0.25) is 9.56 Å². The van der Waals surface area contributed by atoms with Gasteiger partial charge in [0.2, 0.25) is 0 Å². The van der Waals surface area contributed by atoms with E-state index in [0.717, 1.165) is 30.6 Å². The molecule has 9 nitrogen and oxygen atoms in total. The van der Waals surface area contributed by atoms with Gasteiger partial charge in [0.1, 0.15) is 17.7 Å². The van der Waals surface area contributed by atoms with Crippen molar-refractivity contribution in [1.82, 2.24) is 30.5 Å². The fraction of sp³-hybridized carbons (Fsp3) is 0.545. The van der Waals surface area contributed by atoms with Crippen LogP contribution in [0.4, 0.5) is 4.79 Å². The summed E-state index contributed by atoms with van der Waals surface area (Å²) >= 11 is 0. The number of hydrogen-bond donors (Lipinski definition) is 3. The van der Waals surface area contributed by atoms with Gasteiger partial charge >= 0.3 is 6.09 Å². The van der Waals surface area contributed by atoms with Crippen molar-refractivity contribution in [3.05, 3.63) is 42.6 Å². The molecule has 1 amide bonds. The van der Waals surface area contributed by atoms with E-state index in [1.165, 1.54) is 0 Å². The van der Waals surface area contributed by atoms with Crippen LogP contribution in [0.2, 0.25) is 0 Å². The van der Waals surface area contributed by atoms with Crippen LogP contribution in [0.5, 0.6) is 0 Å². The summed E-state index contributed by atoms with van der Waals surface area (Å²) in [6.45, 7) is 8.74. The van der Waals surface area contributed by atoms with Crippen molar-refractivity contribution >= 4 is 12.1 Å². The molecule has 2 aromatic heterocycles. The molecule has 2 heterocycles. The fourth-order valence-electron chi connectivity index (χ4n) is 2.88. The van der Waals surface area contributed by atoms with Gasteiger partial charge < -0.3 is 20.7 Å². The minimum absolute atomic E-state index is 0.0395. The van der Waals surface area contributed by atoms with E-state index in [4.69, 9.17) is 4.74 Å². The standard InChI is InChI=1S/C22H35N7O2/c1-6-7-8-18(15-27-21(30)31-22(2,3)4)28-20(23-5)26-14-17-9-10-25-19(13-17)29-12-11-24-16-29/h9-13,16,18H,6-8,14-15H2,1-5H3,(H,27,30)(H2,23,26,28). The molecule has 0 aliphatic rings. The van der Waals surface area contributed by atoms with Gasteiger partial charge in [-0.15, -0.1) is 0 Å². The lowest BCUT2D eigenvalue weighted by atomic mass is 10.1. The number of aliphatic imine (C=N–C) groups is 1.